The Hall–Kier alpha value is -3.60. The van der Waals surface area contributed by atoms with Crippen molar-refractivity contribution in [2.24, 2.45) is 0 Å². The summed E-state index contributed by atoms with van der Waals surface area (Å²) in [6.45, 7) is 1.69. The van der Waals surface area contributed by atoms with Gasteiger partial charge in [0.2, 0.25) is 5.91 Å². The van der Waals surface area contributed by atoms with Gasteiger partial charge in [0, 0.05) is 19.6 Å². The lowest BCUT2D eigenvalue weighted by Crippen LogP contribution is -2.59. The highest BCUT2D eigenvalue weighted by Crippen LogP contribution is 2.34. The highest BCUT2D eigenvalue weighted by molar-refractivity contribution is 5.88. The van der Waals surface area contributed by atoms with E-state index in [1.54, 1.807) is 0 Å². The van der Waals surface area contributed by atoms with E-state index in [4.69, 9.17) is 0 Å². The van der Waals surface area contributed by atoms with Gasteiger partial charge in [0.05, 0.1) is 18.0 Å². The number of amides is 3. The second-order valence-corrected chi connectivity index (χ2v) is 8.93. The number of benzene rings is 3. The molecule has 2 saturated heterocycles. The number of nitrogens with one attached hydrogen (secondary N) is 1. The van der Waals surface area contributed by atoms with Gasteiger partial charge in [-0.25, -0.2) is 4.79 Å². The zero-order valence-electron chi connectivity index (χ0n) is 18.6. The molecule has 0 aromatic heterocycles. The fourth-order valence-corrected chi connectivity index (χ4v) is 5.23. The molecule has 0 radical (unpaired) electrons. The third-order valence-electron chi connectivity index (χ3n) is 6.83. The Bertz CT molecular complexity index is 1030. The van der Waals surface area contributed by atoms with E-state index in [0.717, 1.165) is 29.5 Å². The lowest BCUT2D eigenvalue weighted by Gasteiger charge is -2.42. The average molecular weight is 440 g/mol. The van der Waals surface area contributed by atoms with Gasteiger partial charge in [0.15, 0.2) is 0 Å². The van der Waals surface area contributed by atoms with Crippen molar-refractivity contribution < 1.29 is 9.59 Å². The summed E-state index contributed by atoms with van der Waals surface area (Å²) < 4.78 is 0. The van der Waals surface area contributed by atoms with Crippen LogP contribution in [-0.2, 0) is 11.3 Å². The molecule has 5 rings (SSSR count). The van der Waals surface area contributed by atoms with E-state index in [1.165, 1.54) is 0 Å². The summed E-state index contributed by atoms with van der Waals surface area (Å²) in [4.78, 5) is 30.8. The molecule has 168 valence electrons. The molecule has 2 fully saturated rings. The summed E-state index contributed by atoms with van der Waals surface area (Å²) in [5.41, 5.74) is 3.09. The van der Waals surface area contributed by atoms with Crippen LogP contribution < -0.4 is 5.32 Å². The summed E-state index contributed by atoms with van der Waals surface area (Å²) in [7, 11) is 0. The van der Waals surface area contributed by atoms with E-state index in [-0.39, 0.29) is 29.9 Å². The van der Waals surface area contributed by atoms with E-state index in [1.807, 2.05) is 101 Å². The highest BCUT2D eigenvalue weighted by Gasteiger charge is 2.45. The molecule has 33 heavy (non-hydrogen) atoms. The summed E-state index contributed by atoms with van der Waals surface area (Å²) >= 11 is 0. The minimum atomic E-state index is -0.328. The first-order chi connectivity index (χ1) is 16.2. The maximum atomic E-state index is 13.8. The molecule has 0 spiro atoms. The Morgan fingerprint density at radius 1 is 0.758 bits per heavy atom. The number of carbonyl (C=O) groups is 2. The monoisotopic (exact) mass is 439 g/mol. The molecule has 2 unspecified atom stereocenters. The SMILES string of the molecule is O=C(C(c1ccccc1)c1ccccc1)N1CC2CCC(C1)N2C(=O)NCc1ccccc1. The van der Waals surface area contributed by atoms with Crippen LogP contribution in [0.4, 0.5) is 4.79 Å². The predicted molar refractivity (Wildman–Crippen MR) is 129 cm³/mol. The number of fused-ring (bicyclic) bond motifs is 2. The first kappa shape index (κ1) is 21.3. The second kappa shape index (κ2) is 9.49. The third-order valence-corrected chi connectivity index (χ3v) is 6.83. The van der Waals surface area contributed by atoms with Crippen LogP contribution in [0.15, 0.2) is 91.0 Å². The Morgan fingerprint density at radius 2 is 1.24 bits per heavy atom. The van der Waals surface area contributed by atoms with E-state index in [0.29, 0.717) is 19.6 Å². The Balaban J connectivity index is 1.30. The molecule has 2 atom stereocenters. The normalized spacial score (nSPS) is 19.5. The summed E-state index contributed by atoms with van der Waals surface area (Å²) in [6, 6.07) is 30.0. The van der Waals surface area contributed by atoms with Crippen molar-refractivity contribution in [1.82, 2.24) is 15.1 Å². The van der Waals surface area contributed by atoms with Gasteiger partial charge in [-0.3, -0.25) is 4.79 Å². The number of piperazine rings is 1. The van der Waals surface area contributed by atoms with Crippen molar-refractivity contribution in [1.29, 1.82) is 0 Å². The maximum absolute atomic E-state index is 13.8. The van der Waals surface area contributed by atoms with Gasteiger partial charge in [0.25, 0.3) is 0 Å². The number of likely N-dealkylation sites (tertiary alicyclic amines) is 1. The van der Waals surface area contributed by atoms with Crippen molar-refractivity contribution in [2.45, 2.75) is 37.4 Å². The Kier molecular flexibility index (Phi) is 6.11. The fourth-order valence-electron chi connectivity index (χ4n) is 5.23. The molecule has 2 aliphatic heterocycles. The van der Waals surface area contributed by atoms with E-state index in [9.17, 15) is 9.59 Å². The van der Waals surface area contributed by atoms with Gasteiger partial charge in [0.1, 0.15) is 0 Å². The minimum absolute atomic E-state index is 0.0267. The molecule has 3 aromatic rings. The largest absolute Gasteiger partial charge is 0.338 e. The van der Waals surface area contributed by atoms with Crippen LogP contribution in [-0.4, -0.2) is 46.9 Å². The zero-order valence-corrected chi connectivity index (χ0v) is 18.6. The van der Waals surface area contributed by atoms with Gasteiger partial charge in [-0.15, -0.1) is 0 Å². The molecule has 0 aliphatic carbocycles. The Labute approximate surface area is 195 Å². The van der Waals surface area contributed by atoms with E-state index < -0.39 is 0 Å². The number of hydrogen-bond acceptors (Lipinski definition) is 2. The van der Waals surface area contributed by atoms with Gasteiger partial charge in [-0.1, -0.05) is 91.0 Å². The van der Waals surface area contributed by atoms with Gasteiger partial charge in [-0.2, -0.15) is 0 Å². The second-order valence-electron chi connectivity index (χ2n) is 8.93. The standard InChI is InChI=1S/C28H29N3O2/c32-27(26(22-12-6-2-7-13-22)23-14-8-3-9-15-23)30-19-24-16-17-25(20-30)31(24)28(33)29-18-21-10-4-1-5-11-21/h1-15,24-26H,16-20H2,(H,29,33). The van der Waals surface area contributed by atoms with E-state index in [2.05, 4.69) is 5.32 Å². The molecule has 5 nitrogen and oxygen atoms in total. The molecule has 3 amide bonds. The highest BCUT2D eigenvalue weighted by atomic mass is 16.2. The summed E-state index contributed by atoms with van der Waals surface area (Å²) in [6.07, 6.45) is 1.88. The van der Waals surface area contributed by atoms with Gasteiger partial charge >= 0.3 is 6.03 Å². The van der Waals surface area contributed by atoms with Crippen LogP contribution in [0.25, 0.3) is 0 Å². The molecule has 0 saturated carbocycles. The summed E-state index contributed by atoms with van der Waals surface area (Å²) in [5.74, 6) is -0.209. The molecule has 2 aliphatic rings. The van der Waals surface area contributed by atoms with Gasteiger partial charge < -0.3 is 15.1 Å². The fraction of sp³-hybridized carbons (Fsp3) is 0.286. The molecule has 3 aromatic carbocycles. The number of hydrogen-bond donors (Lipinski definition) is 1. The lowest BCUT2D eigenvalue weighted by atomic mass is 9.89. The molecular weight excluding hydrogens is 410 g/mol. The first-order valence-corrected chi connectivity index (χ1v) is 11.7. The van der Waals surface area contributed by atoms with Crippen LogP contribution in [0.3, 0.4) is 0 Å². The molecule has 2 heterocycles. The number of urea groups is 1. The third kappa shape index (κ3) is 4.49. The van der Waals surface area contributed by atoms with Gasteiger partial charge in [-0.05, 0) is 29.5 Å². The van der Waals surface area contributed by atoms with E-state index >= 15 is 0 Å². The zero-order chi connectivity index (χ0) is 22.6. The lowest BCUT2D eigenvalue weighted by molar-refractivity contribution is -0.134. The number of carbonyl (C=O) groups excluding carboxylic acids is 2. The molecule has 1 N–H and O–H groups in total. The average Bonchev–Trinajstić information content (AvgIpc) is 3.14. The predicted octanol–water partition coefficient (Wildman–Crippen LogP) is 4.40. The van der Waals surface area contributed by atoms with Crippen LogP contribution >= 0.6 is 0 Å². The maximum Gasteiger partial charge on any atom is 0.318 e. The van der Waals surface area contributed by atoms with Crippen LogP contribution in [0.1, 0.15) is 35.4 Å². The smallest absolute Gasteiger partial charge is 0.318 e. The topological polar surface area (TPSA) is 52.7 Å². The quantitative estimate of drug-likeness (QED) is 0.641. The van der Waals surface area contributed by atoms with Crippen LogP contribution in [0, 0.1) is 0 Å². The molecule has 5 heteroatoms. The molecule has 2 bridgehead atoms. The van der Waals surface area contributed by atoms with Crippen LogP contribution in [0.5, 0.6) is 0 Å². The van der Waals surface area contributed by atoms with Crippen molar-refractivity contribution in [3.8, 4) is 0 Å². The van der Waals surface area contributed by atoms with Crippen molar-refractivity contribution in [2.75, 3.05) is 13.1 Å². The van der Waals surface area contributed by atoms with Crippen molar-refractivity contribution >= 4 is 11.9 Å². The molecular formula is C28H29N3O2. The number of nitrogens with zero attached hydrogens (tertiary/aromatic N) is 2. The Morgan fingerprint density at radius 3 is 1.76 bits per heavy atom. The van der Waals surface area contributed by atoms with Crippen molar-refractivity contribution in [3.05, 3.63) is 108 Å². The van der Waals surface area contributed by atoms with Crippen molar-refractivity contribution in [3.63, 3.8) is 0 Å². The number of rotatable bonds is 5. The minimum Gasteiger partial charge on any atom is -0.338 e. The first-order valence-electron chi connectivity index (χ1n) is 11.7. The summed E-state index contributed by atoms with van der Waals surface area (Å²) in [5, 5.41) is 3.07. The van der Waals surface area contributed by atoms with Crippen LogP contribution in [0.2, 0.25) is 0 Å².